The number of nitrogens with one attached hydrogen (secondary N) is 2. The van der Waals surface area contributed by atoms with Crippen molar-refractivity contribution in [2.24, 2.45) is 7.05 Å². The first-order valence-electron chi connectivity index (χ1n) is 9.47. The van der Waals surface area contributed by atoms with E-state index in [0.29, 0.717) is 5.82 Å². The Labute approximate surface area is 169 Å². The molecule has 0 unspecified atom stereocenters. The van der Waals surface area contributed by atoms with Crippen LogP contribution < -0.4 is 15.5 Å². The average Bonchev–Trinajstić information content (AvgIpc) is 3.19. The van der Waals surface area contributed by atoms with Gasteiger partial charge in [-0.25, -0.2) is 9.50 Å². The van der Waals surface area contributed by atoms with Gasteiger partial charge in [0, 0.05) is 38.6 Å². The van der Waals surface area contributed by atoms with E-state index in [1.807, 2.05) is 6.07 Å². The molecule has 3 aromatic rings. The first-order chi connectivity index (χ1) is 14.2. The van der Waals surface area contributed by atoms with Crippen molar-refractivity contribution in [1.82, 2.24) is 29.7 Å². The maximum absolute atomic E-state index is 13.2. The van der Waals surface area contributed by atoms with Crippen LogP contribution in [0.2, 0.25) is 0 Å². The summed E-state index contributed by atoms with van der Waals surface area (Å²) in [6.07, 6.45) is 0.343. The Morgan fingerprint density at radius 1 is 1.37 bits per heavy atom. The van der Waals surface area contributed by atoms with E-state index < -0.39 is 23.5 Å². The number of carbonyl (C=O) groups is 1. The number of rotatable bonds is 3. The molecule has 3 aromatic heterocycles. The van der Waals surface area contributed by atoms with E-state index in [-0.39, 0.29) is 17.3 Å². The molecule has 1 aliphatic rings. The average molecular weight is 422 g/mol. The van der Waals surface area contributed by atoms with Crippen LogP contribution >= 0.6 is 0 Å². The minimum Gasteiger partial charge on any atom is -0.355 e. The number of anilines is 2. The van der Waals surface area contributed by atoms with Gasteiger partial charge in [0.05, 0.1) is 11.9 Å². The SMILES string of the molecule is C[C@@H]1CN(c2ccn3ncc(C(=O)Nc4cn(C)nc4C(F)(F)F)c3n2)CCCN1. The zero-order valence-corrected chi connectivity index (χ0v) is 16.4. The van der Waals surface area contributed by atoms with Crippen LogP contribution in [0.5, 0.6) is 0 Å². The molecule has 0 radical (unpaired) electrons. The number of carbonyl (C=O) groups excluding carboxylic acids is 1. The summed E-state index contributed by atoms with van der Waals surface area (Å²) in [6, 6.07) is 2.09. The predicted molar refractivity (Wildman–Crippen MR) is 103 cm³/mol. The molecular weight excluding hydrogens is 401 g/mol. The highest BCUT2D eigenvalue weighted by molar-refractivity contribution is 6.08. The van der Waals surface area contributed by atoms with Crippen molar-refractivity contribution in [3.8, 4) is 0 Å². The van der Waals surface area contributed by atoms with E-state index >= 15 is 0 Å². The number of nitrogens with zero attached hydrogens (tertiary/aromatic N) is 6. The summed E-state index contributed by atoms with van der Waals surface area (Å²) >= 11 is 0. The number of hydrogen-bond donors (Lipinski definition) is 2. The van der Waals surface area contributed by atoms with E-state index in [1.54, 1.807) is 6.20 Å². The van der Waals surface area contributed by atoms with Crippen molar-refractivity contribution in [2.75, 3.05) is 29.9 Å². The second-order valence-corrected chi connectivity index (χ2v) is 7.28. The summed E-state index contributed by atoms with van der Waals surface area (Å²) in [5.74, 6) is -0.0518. The van der Waals surface area contributed by atoms with Crippen LogP contribution in [0.15, 0.2) is 24.7 Å². The summed E-state index contributed by atoms with van der Waals surface area (Å²) in [6.45, 7) is 4.55. The predicted octanol–water partition coefficient (Wildman–Crippen LogP) is 1.92. The lowest BCUT2D eigenvalue weighted by Crippen LogP contribution is -2.35. The molecular formula is C18H21F3N8O. The molecule has 1 atom stereocenters. The first kappa shape index (κ1) is 20.1. The van der Waals surface area contributed by atoms with Crippen LogP contribution in [-0.2, 0) is 13.2 Å². The van der Waals surface area contributed by atoms with Crippen molar-refractivity contribution in [3.63, 3.8) is 0 Å². The van der Waals surface area contributed by atoms with Gasteiger partial charge in [0.15, 0.2) is 11.3 Å². The maximum atomic E-state index is 13.2. The minimum atomic E-state index is -4.69. The van der Waals surface area contributed by atoms with Crippen molar-refractivity contribution in [2.45, 2.75) is 25.6 Å². The van der Waals surface area contributed by atoms with Crippen molar-refractivity contribution in [1.29, 1.82) is 0 Å². The Kier molecular flexibility index (Phi) is 5.10. The van der Waals surface area contributed by atoms with Gasteiger partial charge in [-0.15, -0.1) is 0 Å². The molecule has 12 heteroatoms. The Balaban J connectivity index is 1.64. The number of aryl methyl sites for hydroxylation is 1. The number of amides is 1. The maximum Gasteiger partial charge on any atom is 0.437 e. The quantitative estimate of drug-likeness (QED) is 0.670. The number of hydrogen-bond acceptors (Lipinski definition) is 6. The van der Waals surface area contributed by atoms with Gasteiger partial charge in [0.2, 0.25) is 0 Å². The van der Waals surface area contributed by atoms with Crippen LogP contribution in [0, 0.1) is 0 Å². The molecule has 0 saturated carbocycles. The Hall–Kier alpha value is -3.15. The molecule has 1 saturated heterocycles. The lowest BCUT2D eigenvalue weighted by Gasteiger charge is -2.23. The fourth-order valence-electron chi connectivity index (χ4n) is 3.49. The summed E-state index contributed by atoms with van der Waals surface area (Å²) in [7, 11) is 1.35. The summed E-state index contributed by atoms with van der Waals surface area (Å²) in [5.41, 5.74) is -1.23. The molecule has 0 aliphatic carbocycles. The van der Waals surface area contributed by atoms with Crippen LogP contribution in [-0.4, -0.2) is 56.0 Å². The third-order valence-corrected chi connectivity index (χ3v) is 4.86. The van der Waals surface area contributed by atoms with Crippen LogP contribution in [0.1, 0.15) is 29.4 Å². The number of alkyl halides is 3. The zero-order valence-electron chi connectivity index (χ0n) is 16.4. The minimum absolute atomic E-state index is 0.0785. The van der Waals surface area contributed by atoms with E-state index in [2.05, 4.69) is 37.6 Å². The summed E-state index contributed by atoms with van der Waals surface area (Å²) < 4.78 is 41.9. The molecule has 4 rings (SSSR count). The molecule has 4 heterocycles. The molecule has 1 fully saturated rings. The molecule has 1 amide bonds. The third-order valence-electron chi connectivity index (χ3n) is 4.86. The molecule has 160 valence electrons. The molecule has 2 N–H and O–H groups in total. The highest BCUT2D eigenvalue weighted by Gasteiger charge is 2.38. The highest BCUT2D eigenvalue weighted by Crippen LogP contribution is 2.33. The van der Waals surface area contributed by atoms with Crippen LogP contribution in [0.4, 0.5) is 24.7 Å². The molecule has 0 spiro atoms. The number of fused-ring (bicyclic) bond motifs is 1. The molecule has 0 aromatic carbocycles. The van der Waals surface area contributed by atoms with Gasteiger partial charge in [0.1, 0.15) is 11.4 Å². The summed E-state index contributed by atoms with van der Waals surface area (Å²) in [5, 5.41) is 13.2. The van der Waals surface area contributed by atoms with Gasteiger partial charge in [0.25, 0.3) is 5.91 Å². The van der Waals surface area contributed by atoms with Gasteiger partial charge < -0.3 is 15.5 Å². The fraction of sp³-hybridized carbons (Fsp3) is 0.444. The fourth-order valence-corrected chi connectivity index (χ4v) is 3.49. The van der Waals surface area contributed by atoms with Gasteiger partial charge in [-0.3, -0.25) is 9.48 Å². The second-order valence-electron chi connectivity index (χ2n) is 7.28. The smallest absolute Gasteiger partial charge is 0.355 e. The number of halogens is 3. The topological polar surface area (TPSA) is 92.4 Å². The lowest BCUT2D eigenvalue weighted by atomic mass is 10.3. The third kappa shape index (κ3) is 3.95. The van der Waals surface area contributed by atoms with Gasteiger partial charge in [-0.2, -0.15) is 23.4 Å². The largest absolute Gasteiger partial charge is 0.437 e. The van der Waals surface area contributed by atoms with Gasteiger partial charge in [-0.05, 0) is 26.0 Å². The normalized spacial score (nSPS) is 17.9. The molecule has 1 aliphatic heterocycles. The lowest BCUT2D eigenvalue weighted by molar-refractivity contribution is -0.140. The molecule has 9 nitrogen and oxygen atoms in total. The Bertz CT molecular complexity index is 1070. The van der Waals surface area contributed by atoms with Crippen molar-refractivity contribution >= 4 is 23.1 Å². The van der Waals surface area contributed by atoms with E-state index in [4.69, 9.17) is 0 Å². The van der Waals surface area contributed by atoms with Gasteiger partial charge >= 0.3 is 6.18 Å². The monoisotopic (exact) mass is 422 g/mol. The first-order valence-corrected chi connectivity index (χ1v) is 9.47. The molecule has 30 heavy (non-hydrogen) atoms. The number of aromatic nitrogens is 5. The van der Waals surface area contributed by atoms with Crippen molar-refractivity contribution in [3.05, 3.63) is 35.9 Å². The Morgan fingerprint density at radius 2 is 2.17 bits per heavy atom. The van der Waals surface area contributed by atoms with E-state index in [1.165, 1.54) is 17.8 Å². The second kappa shape index (κ2) is 7.59. The highest BCUT2D eigenvalue weighted by atomic mass is 19.4. The Morgan fingerprint density at radius 3 is 2.93 bits per heavy atom. The summed E-state index contributed by atoms with van der Waals surface area (Å²) in [4.78, 5) is 19.4. The standard InChI is InChI=1S/C18H21F3N8O/c1-11-9-28(6-3-5-22-11)14-4-7-29-16(25-14)12(8-23-29)17(30)24-13-10-27(2)26-15(13)18(19,20)21/h4,7-8,10-11,22H,3,5-6,9H2,1-2H3,(H,24,30)/t11-/m1/s1. The molecule has 0 bridgehead atoms. The van der Waals surface area contributed by atoms with Crippen LogP contribution in [0.25, 0.3) is 5.65 Å². The van der Waals surface area contributed by atoms with E-state index in [0.717, 1.165) is 36.9 Å². The zero-order chi connectivity index (χ0) is 21.5. The van der Waals surface area contributed by atoms with Gasteiger partial charge in [-0.1, -0.05) is 0 Å². The van der Waals surface area contributed by atoms with E-state index in [9.17, 15) is 18.0 Å². The van der Waals surface area contributed by atoms with Crippen molar-refractivity contribution < 1.29 is 18.0 Å². The van der Waals surface area contributed by atoms with Crippen LogP contribution in [0.3, 0.4) is 0 Å².